The van der Waals surface area contributed by atoms with Gasteiger partial charge in [0, 0.05) is 0 Å². The molecule has 0 aliphatic heterocycles. The Bertz CT molecular complexity index is 223. The van der Waals surface area contributed by atoms with Gasteiger partial charge in [-0.1, -0.05) is 59.0 Å². The van der Waals surface area contributed by atoms with E-state index in [2.05, 4.69) is 20.4 Å². The molecule has 0 N–H and O–H groups in total. The standard InChI is InChI=1S/C15H28O2/c1-5-8-10-11-13-15(4,12-9-6-2)14(16)17-7-3/h7H,3,5-6,8-13H2,1-2,4H3. The largest absolute Gasteiger partial charge is 0.435 e. The summed E-state index contributed by atoms with van der Waals surface area (Å²) in [6, 6.07) is 0. The third-order valence-corrected chi connectivity index (χ3v) is 3.35. The Morgan fingerprint density at radius 3 is 2.24 bits per heavy atom. The maximum absolute atomic E-state index is 11.9. The van der Waals surface area contributed by atoms with Crippen molar-refractivity contribution in [1.29, 1.82) is 0 Å². The molecule has 2 heteroatoms. The molecule has 17 heavy (non-hydrogen) atoms. The minimum Gasteiger partial charge on any atom is -0.435 e. The van der Waals surface area contributed by atoms with E-state index in [4.69, 9.17) is 4.74 Å². The summed E-state index contributed by atoms with van der Waals surface area (Å²) in [5.74, 6) is -0.113. The fourth-order valence-electron chi connectivity index (χ4n) is 2.06. The summed E-state index contributed by atoms with van der Waals surface area (Å²) in [6.07, 6.45) is 10.1. The Morgan fingerprint density at radius 2 is 1.71 bits per heavy atom. The van der Waals surface area contributed by atoms with Crippen molar-refractivity contribution in [3.8, 4) is 0 Å². The van der Waals surface area contributed by atoms with E-state index in [-0.39, 0.29) is 11.4 Å². The average molecular weight is 240 g/mol. The third-order valence-electron chi connectivity index (χ3n) is 3.35. The second kappa shape index (κ2) is 9.26. The quantitative estimate of drug-likeness (QED) is 0.310. The first-order valence-corrected chi connectivity index (χ1v) is 6.92. The summed E-state index contributed by atoms with van der Waals surface area (Å²) in [4.78, 5) is 11.9. The molecule has 0 heterocycles. The molecule has 1 unspecified atom stereocenters. The van der Waals surface area contributed by atoms with Crippen molar-refractivity contribution in [3.63, 3.8) is 0 Å². The molecule has 0 saturated heterocycles. The highest BCUT2D eigenvalue weighted by molar-refractivity contribution is 5.76. The Labute approximate surface area is 106 Å². The van der Waals surface area contributed by atoms with Crippen molar-refractivity contribution in [2.75, 3.05) is 0 Å². The molecule has 0 spiro atoms. The van der Waals surface area contributed by atoms with Crippen molar-refractivity contribution in [1.82, 2.24) is 0 Å². The molecule has 0 bridgehead atoms. The first kappa shape index (κ1) is 16.2. The van der Waals surface area contributed by atoms with Gasteiger partial charge in [-0.25, -0.2) is 0 Å². The monoisotopic (exact) mass is 240 g/mol. The number of unbranched alkanes of at least 4 members (excludes halogenated alkanes) is 4. The summed E-state index contributed by atoms with van der Waals surface area (Å²) in [5.41, 5.74) is -0.321. The minimum atomic E-state index is -0.321. The molecule has 0 aliphatic rings. The maximum Gasteiger partial charge on any atom is 0.316 e. The number of carbonyl (C=O) groups is 1. The molecule has 0 amide bonds. The van der Waals surface area contributed by atoms with Crippen LogP contribution in [-0.2, 0) is 9.53 Å². The van der Waals surface area contributed by atoms with Gasteiger partial charge in [-0.3, -0.25) is 4.79 Å². The van der Waals surface area contributed by atoms with E-state index >= 15 is 0 Å². The summed E-state index contributed by atoms with van der Waals surface area (Å²) in [7, 11) is 0. The van der Waals surface area contributed by atoms with Crippen LogP contribution in [0.2, 0.25) is 0 Å². The van der Waals surface area contributed by atoms with Gasteiger partial charge < -0.3 is 4.74 Å². The zero-order valence-corrected chi connectivity index (χ0v) is 11.8. The lowest BCUT2D eigenvalue weighted by Gasteiger charge is -2.26. The van der Waals surface area contributed by atoms with Crippen LogP contribution in [0.15, 0.2) is 12.8 Å². The highest BCUT2D eigenvalue weighted by Gasteiger charge is 2.33. The van der Waals surface area contributed by atoms with Crippen molar-refractivity contribution < 1.29 is 9.53 Å². The first-order valence-electron chi connectivity index (χ1n) is 6.92. The molecule has 0 radical (unpaired) electrons. The summed E-state index contributed by atoms with van der Waals surface area (Å²) in [5, 5.41) is 0. The molecule has 0 rings (SSSR count). The molecule has 0 aromatic rings. The zero-order valence-electron chi connectivity index (χ0n) is 11.8. The third kappa shape index (κ3) is 6.50. The predicted molar refractivity (Wildman–Crippen MR) is 72.7 cm³/mol. The Kier molecular flexibility index (Phi) is 8.83. The van der Waals surface area contributed by atoms with Crippen LogP contribution in [0.4, 0.5) is 0 Å². The van der Waals surface area contributed by atoms with E-state index in [9.17, 15) is 4.79 Å². The van der Waals surface area contributed by atoms with Gasteiger partial charge >= 0.3 is 5.97 Å². The van der Waals surface area contributed by atoms with Crippen LogP contribution in [0.1, 0.15) is 72.1 Å². The lowest BCUT2D eigenvalue weighted by molar-refractivity contribution is -0.150. The van der Waals surface area contributed by atoms with Gasteiger partial charge in [0.2, 0.25) is 0 Å². The molecule has 1 atom stereocenters. The molecular formula is C15H28O2. The Hall–Kier alpha value is -0.790. The summed E-state index contributed by atoms with van der Waals surface area (Å²) >= 11 is 0. The lowest BCUT2D eigenvalue weighted by atomic mass is 9.80. The fraction of sp³-hybridized carbons (Fsp3) is 0.800. The number of ether oxygens (including phenoxy) is 1. The first-order chi connectivity index (χ1) is 8.10. The van der Waals surface area contributed by atoms with Crippen molar-refractivity contribution >= 4 is 5.97 Å². The molecule has 0 fully saturated rings. The second-order valence-electron chi connectivity index (χ2n) is 5.05. The smallest absolute Gasteiger partial charge is 0.316 e. The van der Waals surface area contributed by atoms with E-state index < -0.39 is 0 Å². The van der Waals surface area contributed by atoms with E-state index in [0.29, 0.717) is 0 Å². The van der Waals surface area contributed by atoms with E-state index in [1.165, 1.54) is 25.5 Å². The molecular weight excluding hydrogens is 212 g/mol. The molecule has 2 nitrogen and oxygen atoms in total. The molecule has 0 saturated carbocycles. The molecule has 0 aliphatic carbocycles. The van der Waals surface area contributed by atoms with Crippen molar-refractivity contribution in [2.24, 2.45) is 5.41 Å². The van der Waals surface area contributed by atoms with Gasteiger partial charge in [-0.2, -0.15) is 0 Å². The van der Waals surface area contributed by atoms with Gasteiger partial charge in [0.05, 0.1) is 11.7 Å². The van der Waals surface area contributed by atoms with Gasteiger partial charge in [0.25, 0.3) is 0 Å². The van der Waals surface area contributed by atoms with Crippen LogP contribution < -0.4 is 0 Å². The van der Waals surface area contributed by atoms with Crippen LogP contribution in [0, 0.1) is 5.41 Å². The van der Waals surface area contributed by atoms with E-state index in [0.717, 1.165) is 32.1 Å². The van der Waals surface area contributed by atoms with Gasteiger partial charge in [-0.05, 0) is 19.8 Å². The van der Waals surface area contributed by atoms with Gasteiger partial charge in [0.15, 0.2) is 0 Å². The maximum atomic E-state index is 11.9. The van der Waals surface area contributed by atoms with Crippen LogP contribution >= 0.6 is 0 Å². The number of rotatable bonds is 10. The molecule has 0 aromatic carbocycles. The van der Waals surface area contributed by atoms with Gasteiger partial charge in [0.1, 0.15) is 0 Å². The Morgan fingerprint density at radius 1 is 1.12 bits per heavy atom. The average Bonchev–Trinajstić information content (AvgIpc) is 2.32. The number of hydrogen-bond acceptors (Lipinski definition) is 2. The highest BCUT2D eigenvalue weighted by Crippen LogP contribution is 2.32. The zero-order chi connectivity index (χ0) is 13.1. The van der Waals surface area contributed by atoms with Crippen molar-refractivity contribution in [3.05, 3.63) is 12.8 Å². The van der Waals surface area contributed by atoms with Crippen LogP contribution in [0.5, 0.6) is 0 Å². The Balaban J connectivity index is 4.27. The second-order valence-corrected chi connectivity index (χ2v) is 5.05. The van der Waals surface area contributed by atoms with Gasteiger partial charge in [-0.15, -0.1) is 0 Å². The number of hydrogen-bond donors (Lipinski definition) is 0. The minimum absolute atomic E-state index is 0.113. The van der Waals surface area contributed by atoms with Crippen LogP contribution in [0.3, 0.4) is 0 Å². The summed E-state index contributed by atoms with van der Waals surface area (Å²) in [6.45, 7) is 9.84. The SMILES string of the molecule is C=COC(=O)C(C)(CCCC)CCCCCC. The predicted octanol–water partition coefficient (Wildman–Crippen LogP) is 4.84. The van der Waals surface area contributed by atoms with E-state index in [1.807, 2.05) is 6.92 Å². The molecule has 0 aromatic heterocycles. The van der Waals surface area contributed by atoms with E-state index in [1.54, 1.807) is 0 Å². The lowest BCUT2D eigenvalue weighted by Crippen LogP contribution is -2.28. The molecule has 100 valence electrons. The summed E-state index contributed by atoms with van der Waals surface area (Å²) < 4.78 is 4.99. The highest BCUT2D eigenvalue weighted by atomic mass is 16.5. The van der Waals surface area contributed by atoms with Crippen molar-refractivity contribution in [2.45, 2.75) is 72.1 Å². The van der Waals surface area contributed by atoms with Crippen LogP contribution in [-0.4, -0.2) is 5.97 Å². The normalized spacial score (nSPS) is 14.1. The number of carbonyl (C=O) groups excluding carboxylic acids is 1. The number of esters is 1. The topological polar surface area (TPSA) is 26.3 Å². The fourth-order valence-corrected chi connectivity index (χ4v) is 2.06. The van der Waals surface area contributed by atoms with Crippen LogP contribution in [0.25, 0.3) is 0 Å².